The van der Waals surface area contributed by atoms with Crippen molar-refractivity contribution >= 4 is 20.6 Å². The minimum Gasteiger partial charge on any atom is -0.496 e. The molecule has 0 aliphatic carbocycles. The summed E-state index contributed by atoms with van der Waals surface area (Å²) >= 11 is 0. The summed E-state index contributed by atoms with van der Waals surface area (Å²) in [6.07, 6.45) is 1.69. The Bertz CT molecular complexity index is 1390. The Kier molecular flexibility index (Phi) is 5.84. The summed E-state index contributed by atoms with van der Waals surface area (Å²) in [5.41, 5.74) is 2.01. The zero-order chi connectivity index (χ0) is 22.9. The molecule has 0 aliphatic heterocycles. The molecule has 6 nitrogen and oxygen atoms in total. The number of pyridine rings is 1. The number of hydrogen-bond donors (Lipinski definition) is 0. The molecule has 2 aromatic carbocycles. The van der Waals surface area contributed by atoms with E-state index in [0.29, 0.717) is 33.3 Å². The summed E-state index contributed by atoms with van der Waals surface area (Å²) in [6, 6.07) is 11.0. The van der Waals surface area contributed by atoms with E-state index < -0.39 is 16.3 Å². The molecular weight excluding hydrogens is 436 g/mol. The Balaban J connectivity index is 1.80. The van der Waals surface area contributed by atoms with Gasteiger partial charge in [-0.3, -0.25) is 4.98 Å². The molecule has 0 aliphatic rings. The summed E-state index contributed by atoms with van der Waals surface area (Å²) in [6.45, 7) is 1.72. The highest BCUT2D eigenvalue weighted by molar-refractivity contribution is 7.90. The molecule has 0 unspecified atom stereocenters. The molecule has 4 rings (SSSR count). The fraction of sp³-hybridized carbons (Fsp3) is 0.174. The lowest BCUT2D eigenvalue weighted by Gasteiger charge is -2.15. The van der Waals surface area contributed by atoms with Gasteiger partial charge < -0.3 is 4.74 Å². The molecule has 164 valence electrons. The molecule has 4 aromatic rings. The lowest BCUT2D eigenvalue weighted by molar-refractivity contribution is 0.147. The Morgan fingerprint density at radius 2 is 1.84 bits per heavy atom. The number of alkyl halides is 2. The van der Waals surface area contributed by atoms with Gasteiger partial charge in [0, 0.05) is 23.3 Å². The van der Waals surface area contributed by atoms with Crippen molar-refractivity contribution in [3.05, 3.63) is 78.0 Å². The molecule has 0 radical (unpaired) electrons. The molecule has 0 N–H and O–H groups in total. The first kappa shape index (κ1) is 21.8. The molecular formula is C23H19F2N3O3S. The molecule has 0 bridgehead atoms. The van der Waals surface area contributed by atoms with Gasteiger partial charge in [0.1, 0.15) is 12.1 Å². The smallest absolute Gasteiger partial charge is 0.267 e. The van der Waals surface area contributed by atoms with Crippen LogP contribution in [0.5, 0.6) is 5.75 Å². The van der Waals surface area contributed by atoms with E-state index in [0.717, 1.165) is 0 Å². The van der Waals surface area contributed by atoms with Gasteiger partial charge in [-0.1, -0.05) is 6.07 Å². The van der Waals surface area contributed by atoms with Crippen LogP contribution in [0.2, 0.25) is 0 Å². The minimum absolute atomic E-state index is 0.0726. The SMILES string of the molecule is COc1cc(-c2nccc3cc(S(=O)(=O)Cc4ccncn4)ccc23)c(C)cc1C(F)F. The average molecular weight is 455 g/mol. The fourth-order valence-electron chi connectivity index (χ4n) is 3.56. The minimum atomic E-state index is -3.63. The number of rotatable bonds is 6. The van der Waals surface area contributed by atoms with E-state index >= 15 is 0 Å². The van der Waals surface area contributed by atoms with Gasteiger partial charge in [0.15, 0.2) is 9.84 Å². The summed E-state index contributed by atoms with van der Waals surface area (Å²) < 4.78 is 57.6. The molecule has 0 saturated carbocycles. The van der Waals surface area contributed by atoms with Gasteiger partial charge in [-0.2, -0.15) is 0 Å². The lowest BCUT2D eigenvalue weighted by atomic mass is 9.97. The van der Waals surface area contributed by atoms with Gasteiger partial charge in [-0.25, -0.2) is 27.2 Å². The Hall–Kier alpha value is -3.46. The van der Waals surface area contributed by atoms with E-state index in [4.69, 9.17) is 4.74 Å². The number of benzene rings is 2. The molecule has 9 heteroatoms. The molecule has 2 heterocycles. The van der Waals surface area contributed by atoms with E-state index in [2.05, 4.69) is 15.0 Å². The molecule has 0 atom stereocenters. The zero-order valence-electron chi connectivity index (χ0n) is 17.3. The van der Waals surface area contributed by atoms with Crippen molar-refractivity contribution in [2.45, 2.75) is 24.0 Å². The van der Waals surface area contributed by atoms with E-state index in [1.165, 1.54) is 31.8 Å². The van der Waals surface area contributed by atoms with Crippen LogP contribution in [-0.2, 0) is 15.6 Å². The highest BCUT2D eigenvalue weighted by Gasteiger charge is 2.20. The summed E-state index contributed by atoms with van der Waals surface area (Å²) in [5, 5.41) is 1.36. The number of methoxy groups -OCH3 is 1. The maximum absolute atomic E-state index is 13.3. The first-order chi connectivity index (χ1) is 15.3. The van der Waals surface area contributed by atoms with Crippen molar-refractivity contribution in [3.63, 3.8) is 0 Å². The first-order valence-corrected chi connectivity index (χ1v) is 11.3. The van der Waals surface area contributed by atoms with Crippen LogP contribution in [-0.4, -0.2) is 30.5 Å². The maximum Gasteiger partial charge on any atom is 0.267 e. The maximum atomic E-state index is 13.3. The number of halogens is 2. The van der Waals surface area contributed by atoms with Gasteiger partial charge in [-0.15, -0.1) is 0 Å². The van der Waals surface area contributed by atoms with Crippen molar-refractivity contribution in [1.29, 1.82) is 0 Å². The van der Waals surface area contributed by atoms with Crippen molar-refractivity contribution in [3.8, 4) is 17.0 Å². The second kappa shape index (κ2) is 8.58. The molecule has 2 aromatic heterocycles. The number of aromatic nitrogens is 3. The monoisotopic (exact) mass is 455 g/mol. The standard InChI is InChI=1S/C23H19F2N3O3S/c1-14-9-20(23(24)25)21(31-2)11-19(14)22-18-4-3-17(10-15(18)5-8-27-22)32(29,30)12-16-6-7-26-13-28-16/h3-11,13,23H,12H2,1-2H3. The third-order valence-electron chi connectivity index (χ3n) is 5.14. The number of ether oxygens (including phenoxy) is 1. The van der Waals surface area contributed by atoms with E-state index in [-0.39, 0.29) is 22.0 Å². The van der Waals surface area contributed by atoms with Crippen molar-refractivity contribution in [2.75, 3.05) is 7.11 Å². The predicted molar refractivity (Wildman–Crippen MR) is 116 cm³/mol. The van der Waals surface area contributed by atoms with E-state index in [9.17, 15) is 17.2 Å². The molecule has 0 spiro atoms. The number of sulfone groups is 1. The Morgan fingerprint density at radius 1 is 1.03 bits per heavy atom. The average Bonchev–Trinajstić information content (AvgIpc) is 2.78. The first-order valence-electron chi connectivity index (χ1n) is 9.63. The number of hydrogen-bond acceptors (Lipinski definition) is 6. The van der Waals surface area contributed by atoms with Crippen LogP contribution in [0.15, 0.2) is 66.1 Å². The highest BCUT2D eigenvalue weighted by atomic mass is 32.2. The second-order valence-corrected chi connectivity index (χ2v) is 9.20. The Morgan fingerprint density at radius 3 is 2.53 bits per heavy atom. The van der Waals surface area contributed by atoms with Gasteiger partial charge in [0.05, 0.1) is 34.7 Å². The van der Waals surface area contributed by atoms with Crippen LogP contribution in [0, 0.1) is 6.92 Å². The number of nitrogens with zero attached hydrogens (tertiary/aromatic N) is 3. The van der Waals surface area contributed by atoms with E-state index in [1.807, 2.05) is 0 Å². The van der Waals surface area contributed by atoms with Crippen LogP contribution in [0.1, 0.15) is 23.2 Å². The summed E-state index contributed by atoms with van der Waals surface area (Å²) in [5.74, 6) is -0.173. The largest absolute Gasteiger partial charge is 0.496 e. The summed E-state index contributed by atoms with van der Waals surface area (Å²) in [7, 11) is -2.29. The van der Waals surface area contributed by atoms with Crippen molar-refractivity contribution in [2.24, 2.45) is 0 Å². The third-order valence-corrected chi connectivity index (χ3v) is 6.79. The molecule has 0 saturated heterocycles. The second-order valence-electron chi connectivity index (χ2n) is 7.21. The van der Waals surface area contributed by atoms with Crippen LogP contribution in [0.4, 0.5) is 8.78 Å². The lowest BCUT2D eigenvalue weighted by Crippen LogP contribution is -2.06. The zero-order valence-corrected chi connectivity index (χ0v) is 18.1. The highest BCUT2D eigenvalue weighted by Crippen LogP contribution is 2.37. The van der Waals surface area contributed by atoms with Crippen molar-refractivity contribution < 1.29 is 21.9 Å². The van der Waals surface area contributed by atoms with Crippen LogP contribution >= 0.6 is 0 Å². The number of aryl methyl sites for hydroxylation is 1. The normalized spacial score (nSPS) is 11.8. The van der Waals surface area contributed by atoms with Crippen LogP contribution in [0.3, 0.4) is 0 Å². The predicted octanol–water partition coefficient (Wildman–Crippen LogP) is 4.92. The summed E-state index contributed by atoms with van der Waals surface area (Å²) in [4.78, 5) is 12.4. The molecule has 0 amide bonds. The third kappa shape index (κ3) is 4.16. The van der Waals surface area contributed by atoms with Gasteiger partial charge in [0.2, 0.25) is 0 Å². The van der Waals surface area contributed by atoms with Crippen LogP contribution in [0.25, 0.3) is 22.0 Å². The Labute approximate surface area is 183 Å². The number of fused-ring (bicyclic) bond motifs is 1. The molecule has 0 fully saturated rings. The van der Waals surface area contributed by atoms with Crippen molar-refractivity contribution in [1.82, 2.24) is 15.0 Å². The van der Waals surface area contributed by atoms with Gasteiger partial charge in [-0.05, 0) is 54.3 Å². The fourth-order valence-corrected chi connectivity index (χ4v) is 4.87. The van der Waals surface area contributed by atoms with Gasteiger partial charge >= 0.3 is 0 Å². The van der Waals surface area contributed by atoms with E-state index in [1.54, 1.807) is 43.5 Å². The topological polar surface area (TPSA) is 82.0 Å². The molecule has 32 heavy (non-hydrogen) atoms. The quantitative estimate of drug-likeness (QED) is 0.410. The van der Waals surface area contributed by atoms with Gasteiger partial charge in [0.25, 0.3) is 6.43 Å². The van der Waals surface area contributed by atoms with Crippen LogP contribution < -0.4 is 4.74 Å².